The Morgan fingerprint density at radius 2 is 1.90 bits per heavy atom. The van der Waals surface area contributed by atoms with E-state index in [0.717, 1.165) is 23.5 Å². The van der Waals surface area contributed by atoms with Crippen LogP contribution in [0.1, 0.15) is 51.0 Å². The summed E-state index contributed by atoms with van der Waals surface area (Å²) in [5.74, 6) is 0. The van der Waals surface area contributed by atoms with Gasteiger partial charge in [-0.1, -0.05) is 45.1 Å². The predicted octanol–water partition coefficient (Wildman–Crippen LogP) is 3.74. The van der Waals surface area contributed by atoms with Gasteiger partial charge in [0.15, 0.2) is 0 Å². The molecule has 0 aliphatic rings. The number of benzene rings is 1. The average molecular weight is 287 g/mol. The molecule has 1 N–H and O–H groups in total. The molecular formula is C16H25N5. The van der Waals surface area contributed by atoms with Crippen LogP contribution in [0.4, 0.5) is 5.69 Å². The van der Waals surface area contributed by atoms with Gasteiger partial charge in [-0.3, -0.25) is 0 Å². The van der Waals surface area contributed by atoms with Crippen LogP contribution in [0.3, 0.4) is 0 Å². The van der Waals surface area contributed by atoms with Crippen molar-refractivity contribution in [2.24, 2.45) is 0 Å². The van der Waals surface area contributed by atoms with Gasteiger partial charge < -0.3 is 5.32 Å². The minimum Gasteiger partial charge on any atom is -0.385 e. The molecule has 0 fully saturated rings. The maximum absolute atomic E-state index is 3.95. The van der Waals surface area contributed by atoms with E-state index in [1.807, 2.05) is 0 Å². The summed E-state index contributed by atoms with van der Waals surface area (Å²) in [7, 11) is 0. The van der Waals surface area contributed by atoms with E-state index in [2.05, 4.69) is 52.9 Å². The van der Waals surface area contributed by atoms with Gasteiger partial charge in [-0.25, -0.2) is 4.68 Å². The zero-order valence-electron chi connectivity index (χ0n) is 13.0. The molecule has 0 saturated carbocycles. The van der Waals surface area contributed by atoms with Crippen LogP contribution >= 0.6 is 0 Å². The number of nitrogens with one attached hydrogen (secondary N) is 1. The third-order valence-corrected chi connectivity index (χ3v) is 3.66. The van der Waals surface area contributed by atoms with E-state index in [9.17, 15) is 0 Å². The molecule has 0 spiro atoms. The first-order valence-corrected chi connectivity index (χ1v) is 7.89. The van der Waals surface area contributed by atoms with Crippen molar-refractivity contribution in [1.82, 2.24) is 20.2 Å². The van der Waals surface area contributed by atoms with E-state index in [-0.39, 0.29) is 0 Å². The van der Waals surface area contributed by atoms with Crippen molar-refractivity contribution < 1.29 is 0 Å². The second-order valence-corrected chi connectivity index (χ2v) is 5.45. The van der Waals surface area contributed by atoms with Gasteiger partial charge in [0.1, 0.15) is 6.33 Å². The molecule has 0 amide bonds. The molecule has 21 heavy (non-hydrogen) atoms. The summed E-state index contributed by atoms with van der Waals surface area (Å²) < 4.78 is 1.70. The Labute approximate surface area is 126 Å². The minimum atomic E-state index is 1.02. The number of anilines is 1. The molecule has 5 heteroatoms. The van der Waals surface area contributed by atoms with Crippen LogP contribution < -0.4 is 5.32 Å². The lowest BCUT2D eigenvalue weighted by molar-refractivity contribution is 0.617. The maximum atomic E-state index is 3.95. The summed E-state index contributed by atoms with van der Waals surface area (Å²) in [4.78, 5) is 0. The van der Waals surface area contributed by atoms with Crippen LogP contribution in [-0.2, 0) is 0 Å². The maximum Gasteiger partial charge on any atom is 0.143 e. The number of hydrogen-bond acceptors (Lipinski definition) is 4. The van der Waals surface area contributed by atoms with Crippen LogP contribution in [0, 0.1) is 6.92 Å². The zero-order chi connectivity index (χ0) is 14.9. The first-order valence-electron chi connectivity index (χ1n) is 7.89. The molecule has 0 bridgehead atoms. The molecule has 0 radical (unpaired) electrons. The zero-order valence-corrected chi connectivity index (χ0v) is 13.0. The smallest absolute Gasteiger partial charge is 0.143 e. The fraction of sp³-hybridized carbons (Fsp3) is 0.562. The topological polar surface area (TPSA) is 55.6 Å². The molecule has 1 aromatic heterocycles. The first-order chi connectivity index (χ1) is 10.3. The third kappa shape index (κ3) is 4.85. The standard InChI is InChI=1S/C16H25N5/c1-3-4-5-6-7-8-11-17-15-10-9-14(2)16(12-15)21-13-18-19-20-21/h9-10,12-13,17H,3-8,11H2,1-2H3. The average Bonchev–Trinajstić information content (AvgIpc) is 3.02. The summed E-state index contributed by atoms with van der Waals surface area (Å²) >= 11 is 0. The van der Waals surface area contributed by atoms with Gasteiger partial charge in [-0.2, -0.15) is 0 Å². The quantitative estimate of drug-likeness (QED) is 0.714. The van der Waals surface area contributed by atoms with Crippen molar-refractivity contribution in [2.75, 3.05) is 11.9 Å². The van der Waals surface area contributed by atoms with Crippen LogP contribution in [-0.4, -0.2) is 26.8 Å². The molecule has 2 aromatic rings. The van der Waals surface area contributed by atoms with Crippen LogP contribution in [0.25, 0.3) is 5.69 Å². The Balaban J connectivity index is 1.80. The summed E-state index contributed by atoms with van der Waals surface area (Å²) in [6, 6.07) is 6.31. The molecule has 0 atom stereocenters. The molecular weight excluding hydrogens is 262 g/mol. The highest BCUT2D eigenvalue weighted by molar-refractivity contribution is 5.54. The molecule has 0 aliphatic heterocycles. The third-order valence-electron chi connectivity index (χ3n) is 3.66. The number of unbranched alkanes of at least 4 members (excludes halogenated alkanes) is 5. The predicted molar refractivity (Wildman–Crippen MR) is 85.8 cm³/mol. The Morgan fingerprint density at radius 1 is 1.10 bits per heavy atom. The van der Waals surface area contributed by atoms with E-state index in [1.165, 1.54) is 38.5 Å². The molecule has 0 unspecified atom stereocenters. The summed E-state index contributed by atoms with van der Waals surface area (Å²) in [5, 5.41) is 14.8. The van der Waals surface area contributed by atoms with Gasteiger partial charge in [0, 0.05) is 12.2 Å². The normalized spacial score (nSPS) is 10.8. The summed E-state index contributed by atoms with van der Waals surface area (Å²) in [6.07, 6.45) is 9.53. The number of aryl methyl sites for hydroxylation is 1. The van der Waals surface area contributed by atoms with Gasteiger partial charge >= 0.3 is 0 Å². The number of tetrazole rings is 1. The van der Waals surface area contributed by atoms with Crippen molar-refractivity contribution >= 4 is 5.69 Å². The van der Waals surface area contributed by atoms with E-state index in [4.69, 9.17) is 0 Å². The number of aromatic nitrogens is 4. The lowest BCUT2D eigenvalue weighted by atomic mass is 10.1. The molecule has 114 valence electrons. The Morgan fingerprint density at radius 3 is 2.67 bits per heavy atom. The van der Waals surface area contributed by atoms with Crippen molar-refractivity contribution in [3.63, 3.8) is 0 Å². The summed E-state index contributed by atoms with van der Waals surface area (Å²) in [5.41, 5.74) is 3.31. The molecule has 2 rings (SSSR count). The lowest BCUT2D eigenvalue weighted by Gasteiger charge is -2.10. The van der Waals surface area contributed by atoms with Gasteiger partial charge in [0.25, 0.3) is 0 Å². The second-order valence-electron chi connectivity index (χ2n) is 5.45. The van der Waals surface area contributed by atoms with Crippen LogP contribution in [0.2, 0.25) is 0 Å². The molecule has 1 aromatic carbocycles. The Hall–Kier alpha value is -1.91. The molecule has 0 aliphatic carbocycles. The highest BCUT2D eigenvalue weighted by Gasteiger charge is 2.04. The first kappa shape index (κ1) is 15.5. The Bertz CT molecular complexity index is 521. The number of rotatable bonds is 9. The van der Waals surface area contributed by atoms with Crippen molar-refractivity contribution in [1.29, 1.82) is 0 Å². The lowest BCUT2D eigenvalue weighted by Crippen LogP contribution is -2.04. The van der Waals surface area contributed by atoms with Crippen LogP contribution in [0.15, 0.2) is 24.5 Å². The SMILES string of the molecule is CCCCCCCCNc1ccc(C)c(-n2cnnn2)c1. The number of nitrogens with zero attached hydrogens (tertiary/aromatic N) is 4. The fourth-order valence-corrected chi connectivity index (χ4v) is 2.38. The van der Waals surface area contributed by atoms with Gasteiger partial charge in [-0.15, -0.1) is 5.10 Å². The van der Waals surface area contributed by atoms with Gasteiger partial charge in [0.05, 0.1) is 5.69 Å². The van der Waals surface area contributed by atoms with E-state index in [1.54, 1.807) is 11.0 Å². The highest BCUT2D eigenvalue weighted by Crippen LogP contribution is 2.18. The Kier molecular flexibility index (Phi) is 6.19. The summed E-state index contributed by atoms with van der Waals surface area (Å²) in [6.45, 7) is 5.33. The molecule has 1 heterocycles. The second kappa shape index (κ2) is 8.39. The van der Waals surface area contributed by atoms with Crippen molar-refractivity contribution in [3.8, 4) is 5.69 Å². The van der Waals surface area contributed by atoms with Crippen molar-refractivity contribution in [3.05, 3.63) is 30.1 Å². The largest absolute Gasteiger partial charge is 0.385 e. The molecule has 5 nitrogen and oxygen atoms in total. The molecule has 0 saturated heterocycles. The van der Waals surface area contributed by atoms with E-state index < -0.39 is 0 Å². The van der Waals surface area contributed by atoms with Gasteiger partial charge in [0.2, 0.25) is 0 Å². The van der Waals surface area contributed by atoms with Crippen LogP contribution in [0.5, 0.6) is 0 Å². The minimum absolute atomic E-state index is 1.02. The fourth-order valence-electron chi connectivity index (χ4n) is 2.38. The van der Waals surface area contributed by atoms with E-state index in [0.29, 0.717) is 0 Å². The van der Waals surface area contributed by atoms with Crippen molar-refractivity contribution in [2.45, 2.75) is 52.4 Å². The van der Waals surface area contributed by atoms with Gasteiger partial charge in [-0.05, 0) is 41.5 Å². The van der Waals surface area contributed by atoms with E-state index >= 15 is 0 Å². The number of hydrogen-bond donors (Lipinski definition) is 1. The monoisotopic (exact) mass is 287 g/mol. The highest BCUT2D eigenvalue weighted by atomic mass is 15.5.